The van der Waals surface area contributed by atoms with E-state index in [1.54, 1.807) is 35.5 Å². The molecule has 0 saturated carbocycles. The van der Waals surface area contributed by atoms with Crippen molar-refractivity contribution in [2.24, 2.45) is 0 Å². The molecule has 0 spiro atoms. The molecule has 0 fully saturated rings. The molecule has 5 nitrogen and oxygen atoms in total. The Bertz CT molecular complexity index is 1500. The fraction of sp³-hybridized carbons (Fsp3) is 0.161. The standard InChI is InChI=1S/C31H26O5/c1-32-27-15-12-23(18-28(27)33-2)7-6-21-10-13-26-17-22(11-14-25(26)16-21)8-9-24-19-29(34-3)31(36-5)30(20-24)35-4/h10-20H,1-5H3. The fourth-order valence-corrected chi connectivity index (χ4v) is 3.76. The Morgan fingerprint density at radius 2 is 0.806 bits per heavy atom. The van der Waals surface area contributed by atoms with Crippen LogP contribution < -0.4 is 23.7 Å². The van der Waals surface area contributed by atoms with Crippen molar-refractivity contribution in [3.63, 3.8) is 0 Å². The minimum absolute atomic E-state index is 0.543. The average Bonchev–Trinajstić information content (AvgIpc) is 2.93. The van der Waals surface area contributed by atoms with Gasteiger partial charge in [0.1, 0.15) is 0 Å². The van der Waals surface area contributed by atoms with Crippen molar-refractivity contribution in [1.82, 2.24) is 0 Å². The van der Waals surface area contributed by atoms with E-state index >= 15 is 0 Å². The van der Waals surface area contributed by atoms with Gasteiger partial charge in [0, 0.05) is 22.3 Å². The van der Waals surface area contributed by atoms with E-state index in [9.17, 15) is 0 Å². The molecule has 0 unspecified atom stereocenters. The molecular weight excluding hydrogens is 452 g/mol. The number of ether oxygens (including phenoxy) is 5. The van der Waals surface area contributed by atoms with Gasteiger partial charge in [-0.05, 0) is 65.4 Å². The second-order valence-corrected chi connectivity index (χ2v) is 7.76. The Kier molecular flexibility index (Phi) is 7.54. The van der Waals surface area contributed by atoms with Crippen molar-refractivity contribution < 1.29 is 23.7 Å². The number of hydrogen-bond donors (Lipinski definition) is 0. The molecule has 4 aromatic carbocycles. The summed E-state index contributed by atoms with van der Waals surface area (Å²) in [5, 5.41) is 2.18. The topological polar surface area (TPSA) is 46.2 Å². The van der Waals surface area contributed by atoms with Crippen LogP contribution in [-0.4, -0.2) is 35.5 Å². The lowest BCUT2D eigenvalue weighted by Gasteiger charge is -2.12. The zero-order valence-corrected chi connectivity index (χ0v) is 20.9. The molecular formula is C31H26O5. The second-order valence-electron chi connectivity index (χ2n) is 7.76. The second kappa shape index (κ2) is 11.1. The van der Waals surface area contributed by atoms with Gasteiger partial charge in [0.15, 0.2) is 23.0 Å². The molecule has 0 aliphatic carbocycles. The lowest BCUT2D eigenvalue weighted by molar-refractivity contribution is 0.324. The lowest BCUT2D eigenvalue weighted by Crippen LogP contribution is -1.95. The van der Waals surface area contributed by atoms with Crippen LogP contribution in [0.5, 0.6) is 28.7 Å². The summed E-state index contributed by atoms with van der Waals surface area (Å²) >= 11 is 0. The summed E-state index contributed by atoms with van der Waals surface area (Å²) in [5.41, 5.74) is 3.45. The van der Waals surface area contributed by atoms with Crippen LogP contribution in [0.15, 0.2) is 66.7 Å². The van der Waals surface area contributed by atoms with Crippen molar-refractivity contribution >= 4 is 10.8 Å². The highest BCUT2D eigenvalue weighted by Crippen LogP contribution is 2.38. The van der Waals surface area contributed by atoms with Crippen molar-refractivity contribution in [3.8, 4) is 52.4 Å². The van der Waals surface area contributed by atoms with Gasteiger partial charge in [0.25, 0.3) is 0 Å². The summed E-state index contributed by atoms with van der Waals surface area (Å²) in [6.45, 7) is 0. The normalized spacial score (nSPS) is 9.92. The number of hydrogen-bond acceptors (Lipinski definition) is 5. The highest BCUT2D eigenvalue weighted by Gasteiger charge is 2.12. The van der Waals surface area contributed by atoms with E-state index in [-0.39, 0.29) is 0 Å². The highest BCUT2D eigenvalue weighted by atomic mass is 16.5. The first kappa shape index (κ1) is 24.4. The van der Waals surface area contributed by atoms with E-state index in [2.05, 4.69) is 47.9 Å². The van der Waals surface area contributed by atoms with Gasteiger partial charge in [-0.25, -0.2) is 0 Å². The Morgan fingerprint density at radius 1 is 0.389 bits per heavy atom. The van der Waals surface area contributed by atoms with Crippen LogP contribution in [0.4, 0.5) is 0 Å². The smallest absolute Gasteiger partial charge is 0.203 e. The third-order valence-corrected chi connectivity index (χ3v) is 5.59. The van der Waals surface area contributed by atoms with E-state index in [0.717, 1.165) is 33.0 Å². The molecule has 0 radical (unpaired) electrons. The van der Waals surface area contributed by atoms with E-state index < -0.39 is 0 Å². The maximum absolute atomic E-state index is 5.41. The van der Waals surface area contributed by atoms with E-state index in [4.69, 9.17) is 23.7 Å². The van der Waals surface area contributed by atoms with Crippen LogP contribution in [0.25, 0.3) is 10.8 Å². The molecule has 36 heavy (non-hydrogen) atoms. The molecule has 4 aromatic rings. The van der Waals surface area contributed by atoms with Gasteiger partial charge >= 0.3 is 0 Å². The van der Waals surface area contributed by atoms with Crippen molar-refractivity contribution in [2.45, 2.75) is 0 Å². The Labute approximate surface area is 211 Å². The summed E-state index contributed by atoms with van der Waals surface area (Å²) in [7, 11) is 7.98. The lowest BCUT2D eigenvalue weighted by atomic mass is 10.0. The van der Waals surface area contributed by atoms with Gasteiger partial charge in [-0.1, -0.05) is 35.8 Å². The first-order valence-electron chi connectivity index (χ1n) is 11.2. The van der Waals surface area contributed by atoms with Gasteiger partial charge in [0.2, 0.25) is 5.75 Å². The van der Waals surface area contributed by atoms with Gasteiger partial charge in [-0.3, -0.25) is 0 Å². The predicted octanol–water partition coefficient (Wildman–Crippen LogP) is 5.68. The molecule has 0 N–H and O–H groups in total. The highest BCUT2D eigenvalue weighted by molar-refractivity contribution is 5.85. The van der Waals surface area contributed by atoms with Crippen LogP contribution in [0.2, 0.25) is 0 Å². The van der Waals surface area contributed by atoms with Crippen LogP contribution in [-0.2, 0) is 0 Å². The molecule has 0 aliphatic rings. The van der Waals surface area contributed by atoms with Crippen LogP contribution in [0.1, 0.15) is 22.3 Å². The number of rotatable bonds is 5. The van der Waals surface area contributed by atoms with E-state index in [1.165, 1.54) is 0 Å². The Morgan fingerprint density at radius 3 is 1.28 bits per heavy atom. The molecule has 180 valence electrons. The maximum Gasteiger partial charge on any atom is 0.203 e. The van der Waals surface area contributed by atoms with E-state index in [0.29, 0.717) is 28.7 Å². The average molecular weight is 479 g/mol. The zero-order valence-electron chi connectivity index (χ0n) is 20.9. The van der Waals surface area contributed by atoms with Gasteiger partial charge in [-0.15, -0.1) is 0 Å². The van der Waals surface area contributed by atoms with Gasteiger partial charge in [-0.2, -0.15) is 0 Å². The SMILES string of the molecule is COc1ccc(C#Cc2ccc3cc(C#Cc4cc(OC)c(OC)c(OC)c4)ccc3c2)cc1OC. The summed E-state index contributed by atoms with van der Waals surface area (Å²) in [6, 6.07) is 21.5. The number of fused-ring (bicyclic) bond motifs is 1. The molecule has 4 rings (SSSR count). The summed E-state index contributed by atoms with van der Waals surface area (Å²) in [6.07, 6.45) is 0. The van der Waals surface area contributed by atoms with Crippen molar-refractivity contribution in [2.75, 3.05) is 35.5 Å². The van der Waals surface area contributed by atoms with Crippen molar-refractivity contribution in [1.29, 1.82) is 0 Å². The number of methoxy groups -OCH3 is 5. The molecule has 0 bridgehead atoms. The predicted molar refractivity (Wildman–Crippen MR) is 142 cm³/mol. The Hall–Kier alpha value is -4.74. The summed E-state index contributed by atoms with van der Waals surface area (Å²) in [4.78, 5) is 0. The van der Waals surface area contributed by atoms with Crippen molar-refractivity contribution in [3.05, 3.63) is 89.0 Å². The molecule has 0 saturated heterocycles. The minimum atomic E-state index is 0.543. The number of benzene rings is 4. The van der Waals surface area contributed by atoms with Crippen LogP contribution in [0, 0.1) is 23.7 Å². The van der Waals surface area contributed by atoms with Crippen LogP contribution in [0.3, 0.4) is 0 Å². The van der Waals surface area contributed by atoms with Gasteiger partial charge in [0.05, 0.1) is 35.5 Å². The first-order chi connectivity index (χ1) is 17.6. The Balaban J connectivity index is 1.58. The molecule has 0 atom stereocenters. The molecule has 0 heterocycles. The molecule has 0 aliphatic heterocycles. The minimum Gasteiger partial charge on any atom is -0.493 e. The van der Waals surface area contributed by atoms with Crippen LogP contribution >= 0.6 is 0 Å². The van der Waals surface area contributed by atoms with Gasteiger partial charge < -0.3 is 23.7 Å². The quantitative estimate of drug-likeness (QED) is 0.345. The summed E-state index contributed by atoms with van der Waals surface area (Å²) < 4.78 is 26.8. The first-order valence-corrected chi connectivity index (χ1v) is 11.2. The summed E-state index contributed by atoms with van der Waals surface area (Å²) in [5.74, 6) is 15.8. The monoisotopic (exact) mass is 478 g/mol. The fourth-order valence-electron chi connectivity index (χ4n) is 3.76. The largest absolute Gasteiger partial charge is 0.493 e. The molecule has 0 amide bonds. The van der Waals surface area contributed by atoms with E-state index in [1.807, 2.05) is 42.5 Å². The molecule has 0 aromatic heterocycles. The maximum atomic E-state index is 5.41. The third kappa shape index (κ3) is 5.32. The third-order valence-electron chi connectivity index (χ3n) is 5.59. The molecule has 5 heteroatoms. The zero-order chi connectivity index (χ0) is 25.5.